The van der Waals surface area contributed by atoms with Gasteiger partial charge in [-0.3, -0.25) is 9.36 Å². The van der Waals surface area contributed by atoms with Crippen LogP contribution in [0.3, 0.4) is 0 Å². The van der Waals surface area contributed by atoms with Gasteiger partial charge in [-0.25, -0.2) is 9.79 Å². The first-order valence-electron chi connectivity index (χ1n) is 12.0. The Bertz CT molecular complexity index is 1730. The van der Waals surface area contributed by atoms with Crippen molar-refractivity contribution in [3.63, 3.8) is 0 Å². The summed E-state index contributed by atoms with van der Waals surface area (Å²) in [6.45, 7) is 7.82. The highest BCUT2D eigenvalue weighted by atomic mass is 35.5. The number of hydrogen-bond acceptors (Lipinski definition) is 5. The second-order valence-electron chi connectivity index (χ2n) is 8.82. The fourth-order valence-electron chi connectivity index (χ4n) is 4.83. The lowest BCUT2D eigenvalue weighted by Gasteiger charge is -2.25. The molecule has 0 N–H and O–H groups in total. The van der Waals surface area contributed by atoms with Crippen molar-refractivity contribution in [2.24, 2.45) is 4.99 Å². The first-order chi connectivity index (χ1) is 17.8. The third kappa shape index (κ3) is 4.38. The third-order valence-corrected chi connectivity index (χ3v) is 7.82. The lowest BCUT2D eigenvalue weighted by Crippen LogP contribution is -2.40. The van der Waals surface area contributed by atoms with E-state index in [0.717, 1.165) is 22.6 Å². The number of thiazole rings is 1. The number of rotatable bonds is 5. The molecule has 0 saturated heterocycles. The van der Waals surface area contributed by atoms with Crippen molar-refractivity contribution in [2.45, 2.75) is 33.7 Å². The number of halogens is 1. The maximum atomic E-state index is 13.9. The van der Waals surface area contributed by atoms with Gasteiger partial charge in [0.05, 0.1) is 22.4 Å². The summed E-state index contributed by atoms with van der Waals surface area (Å²) in [7, 11) is 0. The van der Waals surface area contributed by atoms with Gasteiger partial charge in [-0.05, 0) is 69.2 Å². The molecule has 2 aromatic carbocycles. The fourth-order valence-corrected chi connectivity index (χ4v) is 6.11. The van der Waals surface area contributed by atoms with Gasteiger partial charge in [0.1, 0.15) is 6.04 Å². The van der Waals surface area contributed by atoms with E-state index in [1.807, 2.05) is 56.3 Å². The Balaban J connectivity index is 1.72. The Morgan fingerprint density at radius 1 is 1.11 bits per heavy atom. The van der Waals surface area contributed by atoms with Crippen molar-refractivity contribution in [2.75, 3.05) is 6.61 Å². The molecular weight excluding hydrogens is 506 g/mol. The smallest absolute Gasteiger partial charge is 0.338 e. The van der Waals surface area contributed by atoms with Crippen LogP contribution in [0.15, 0.2) is 81.7 Å². The lowest BCUT2D eigenvalue weighted by atomic mass is 9.96. The first-order valence-corrected chi connectivity index (χ1v) is 13.2. The van der Waals surface area contributed by atoms with Gasteiger partial charge < -0.3 is 9.30 Å². The van der Waals surface area contributed by atoms with Crippen LogP contribution in [0.1, 0.15) is 42.4 Å². The number of hydrogen-bond donors (Lipinski definition) is 0. The molecule has 0 bridgehead atoms. The molecule has 0 aliphatic carbocycles. The van der Waals surface area contributed by atoms with Gasteiger partial charge in [0, 0.05) is 22.1 Å². The molecule has 0 saturated carbocycles. The quantitative estimate of drug-likeness (QED) is 0.345. The van der Waals surface area contributed by atoms with Crippen molar-refractivity contribution < 1.29 is 9.53 Å². The maximum Gasteiger partial charge on any atom is 0.338 e. The van der Waals surface area contributed by atoms with Crippen LogP contribution in [0.5, 0.6) is 0 Å². The highest BCUT2D eigenvalue weighted by molar-refractivity contribution is 7.07. The van der Waals surface area contributed by atoms with Gasteiger partial charge in [0.25, 0.3) is 5.56 Å². The average Bonchev–Trinajstić information content (AvgIpc) is 3.33. The molecule has 5 rings (SSSR count). The molecule has 0 amide bonds. The summed E-state index contributed by atoms with van der Waals surface area (Å²) in [6, 6.07) is 18.7. The molecule has 1 aliphatic rings. The highest BCUT2D eigenvalue weighted by Gasteiger charge is 2.34. The van der Waals surface area contributed by atoms with Crippen molar-refractivity contribution in [3.8, 4) is 5.69 Å². The number of esters is 1. The molecule has 0 unspecified atom stereocenters. The van der Waals surface area contributed by atoms with Crippen LogP contribution >= 0.6 is 22.9 Å². The zero-order chi connectivity index (χ0) is 26.3. The molecule has 8 heteroatoms. The predicted molar refractivity (Wildman–Crippen MR) is 147 cm³/mol. The van der Waals surface area contributed by atoms with E-state index in [-0.39, 0.29) is 12.2 Å². The van der Waals surface area contributed by atoms with Crippen LogP contribution in [0.4, 0.5) is 0 Å². The summed E-state index contributed by atoms with van der Waals surface area (Å²) in [5.41, 5.74) is 5.35. The minimum Gasteiger partial charge on any atom is -0.463 e. The maximum absolute atomic E-state index is 13.9. The molecule has 4 aromatic rings. The number of carbonyl (C=O) groups is 1. The van der Waals surface area contributed by atoms with E-state index >= 15 is 0 Å². The van der Waals surface area contributed by atoms with Crippen LogP contribution in [-0.4, -0.2) is 21.7 Å². The van der Waals surface area contributed by atoms with Crippen LogP contribution in [-0.2, 0) is 9.53 Å². The van der Waals surface area contributed by atoms with Crippen molar-refractivity contribution in [1.29, 1.82) is 0 Å². The van der Waals surface area contributed by atoms with E-state index in [1.54, 1.807) is 24.5 Å². The average molecular weight is 532 g/mol. The molecule has 1 aliphatic heterocycles. The zero-order valence-electron chi connectivity index (χ0n) is 21.0. The minimum absolute atomic E-state index is 0.215. The molecule has 3 heterocycles. The molecule has 0 spiro atoms. The molecule has 6 nitrogen and oxygen atoms in total. The molecule has 37 heavy (non-hydrogen) atoms. The molecule has 1 atom stereocenters. The lowest BCUT2D eigenvalue weighted by molar-refractivity contribution is -0.139. The monoisotopic (exact) mass is 531 g/mol. The number of benzene rings is 2. The zero-order valence-corrected chi connectivity index (χ0v) is 22.6. The Kier molecular flexibility index (Phi) is 6.75. The number of aryl methyl sites for hydroxylation is 1. The predicted octanol–water partition coefficient (Wildman–Crippen LogP) is 4.86. The van der Waals surface area contributed by atoms with E-state index in [1.165, 1.54) is 11.3 Å². The number of allylic oxidation sites excluding steroid dienone is 1. The fraction of sp³-hybridized carbons (Fsp3) is 0.207. The van der Waals surface area contributed by atoms with Gasteiger partial charge in [-0.1, -0.05) is 59.3 Å². The molecule has 0 radical (unpaired) electrons. The first kappa shape index (κ1) is 25.0. The molecule has 188 valence electrons. The topological polar surface area (TPSA) is 65.6 Å². The summed E-state index contributed by atoms with van der Waals surface area (Å²) in [5.74, 6) is -0.505. The van der Waals surface area contributed by atoms with E-state index in [4.69, 9.17) is 16.3 Å². The Morgan fingerprint density at radius 3 is 2.51 bits per heavy atom. The largest absolute Gasteiger partial charge is 0.463 e. The van der Waals surface area contributed by atoms with Crippen LogP contribution in [0.25, 0.3) is 11.8 Å². The number of aromatic nitrogens is 2. The molecule has 2 aromatic heterocycles. The van der Waals surface area contributed by atoms with E-state index in [9.17, 15) is 9.59 Å². The minimum atomic E-state index is -0.733. The molecule has 0 fully saturated rings. The van der Waals surface area contributed by atoms with Crippen LogP contribution in [0.2, 0.25) is 5.02 Å². The van der Waals surface area contributed by atoms with Crippen LogP contribution in [0, 0.1) is 13.8 Å². The van der Waals surface area contributed by atoms with Crippen LogP contribution < -0.4 is 14.9 Å². The van der Waals surface area contributed by atoms with Gasteiger partial charge >= 0.3 is 5.97 Å². The second-order valence-corrected chi connectivity index (χ2v) is 10.2. The normalized spacial score (nSPS) is 15.5. The summed E-state index contributed by atoms with van der Waals surface area (Å²) in [6.07, 6.45) is 1.90. The third-order valence-electron chi connectivity index (χ3n) is 6.49. The Hall–Kier alpha value is -3.68. The van der Waals surface area contributed by atoms with E-state index in [2.05, 4.69) is 27.8 Å². The Morgan fingerprint density at radius 2 is 1.81 bits per heavy atom. The summed E-state index contributed by atoms with van der Waals surface area (Å²) in [5, 5.41) is 0.463. The standard InChI is InChI=1S/C29H26ClN3O3S/c1-5-36-28(35)25-18(3)31-29-33(26(25)22-13-9-10-14-23(22)30)27(34)24(37-29)16-20-15-17(2)32(19(20)4)21-11-7-6-8-12-21/h6-16,26H,5H2,1-4H3/b24-16-/t26-/m1/s1. The summed E-state index contributed by atoms with van der Waals surface area (Å²) >= 11 is 7.88. The summed E-state index contributed by atoms with van der Waals surface area (Å²) < 4.78 is 9.61. The number of ether oxygens (including phenoxy) is 1. The number of fused-ring (bicyclic) bond motifs is 1. The van der Waals surface area contributed by atoms with Gasteiger partial charge in [-0.2, -0.15) is 0 Å². The van der Waals surface area contributed by atoms with Gasteiger partial charge in [0.15, 0.2) is 4.80 Å². The van der Waals surface area contributed by atoms with E-state index in [0.29, 0.717) is 31.2 Å². The SMILES string of the molecule is CCOC(=O)C1=C(C)N=c2s/c(=C\c3cc(C)n(-c4ccccc4)c3C)c(=O)n2[C@@H]1c1ccccc1Cl. The van der Waals surface area contributed by atoms with E-state index < -0.39 is 12.0 Å². The number of carbonyl (C=O) groups excluding carboxylic acids is 1. The highest BCUT2D eigenvalue weighted by Crippen LogP contribution is 2.34. The summed E-state index contributed by atoms with van der Waals surface area (Å²) in [4.78, 5) is 32.1. The Labute approximate surface area is 223 Å². The van der Waals surface area contributed by atoms with Crippen molar-refractivity contribution >= 4 is 35.0 Å². The second kappa shape index (κ2) is 10.00. The van der Waals surface area contributed by atoms with Gasteiger partial charge in [-0.15, -0.1) is 0 Å². The number of para-hydroxylation sites is 1. The molecular formula is C29H26ClN3O3S. The van der Waals surface area contributed by atoms with Crippen molar-refractivity contribution in [3.05, 3.63) is 119 Å². The van der Waals surface area contributed by atoms with Crippen molar-refractivity contribution in [1.82, 2.24) is 9.13 Å². The van der Waals surface area contributed by atoms with Gasteiger partial charge in [0.2, 0.25) is 0 Å². The number of nitrogens with zero attached hydrogens (tertiary/aromatic N) is 3.